The zero-order chi connectivity index (χ0) is 21.8. The van der Waals surface area contributed by atoms with Crippen molar-refractivity contribution < 1.29 is 18.7 Å². The molecule has 0 amide bonds. The number of esters is 1. The highest BCUT2D eigenvalue weighted by Crippen LogP contribution is 2.38. The number of ether oxygens (including phenoxy) is 2. The molecule has 0 spiro atoms. The molecule has 0 atom stereocenters. The Labute approximate surface area is 182 Å². The normalized spacial score (nSPS) is 10.8. The van der Waals surface area contributed by atoms with Crippen LogP contribution in [0.5, 0.6) is 5.75 Å². The Kier molecular flexibility index (Phi) is 6.08. The average molecular weight is 437 g/mol. The van der Waals surface area contributed by atoms with E-state index in [1.807, 2.05) is 35.7 Å². The molecule has 0 aliphatic rings. The summed E-state index contributed by atoms with van der Waals surface area (Å²) in [6, 6.07) is 14.1. The molecule has 158 valence electrons. The van der Waals surface area contributed by atoms with Crippen LogP contribution in [-0.2, 0) is 16.0 Å². The summed E-state index contributed by atoms with van der Waals surface area (Å²) >= 11 is 1.53. The van der Waals surface area contributed by atoms with Gasteiger partial charge >= 0.3 is 5.97 Å². The SMILES string of the molecule is CCOC(=O)Cc1ccc(Nc2nnc(-c3ccccc3OC)c3sccc23)c(F)c1. The number of thiophene rings is 1. The average Bonchev–Trinajstić information content (AvgIpc) is 3.26. The largest absolute Gasteiger partial charge is 0.496 e. The second-order valence-electron chi connectivity index (χ2n) is 6.68. The van der Waals surface area contributed by atoms with Crippen molar-refractivity contribution in [2.24, 2.45) is 0 Å². The van der Waals surface area contributed by atoms with Crippen LogP contribution in [0.1, 0.15) is 12.5 Å². The van der Waals surface area contributed by atoms with Gasteiger partial charge in [0.2, 0.25) is 0 Å². The van der Waals surface area contributed by atoms with Gasteiger partial charge < -0.3 is 14.8 Å². The summed E-state index contributed by atoms with van der Waals surface area (Å²) in [5.74, 6) is 0.281. The molecule has 0 unspecified atom stereocenters. The molecular weight excluding hydrogens is 417 g/mol. The third-order valence-electron chi connectivity index (χ3n) is 4.69. The number of carbonyl (C=O) groups excluding carboxylic acids is 1. The van der Waals surface area contributed by atoms with Gasteiger partial charge in [0, 0.05) is 10.9 Å². The number of para-hydroxylation sites is 1. The van der Waals surface area contributed by atoms with Crippen molar-refractivity contribution in [2.45, 2.75) is 13.3 Å². The molecule has 0 aliphatic carbocycles. The van der Waals surface area contributed by atoms with Crippen LogP contribution >= 0.6 is 11.3 Å². The summed E-state index contributed by atoms with van der Waals surface area (Å²) in [7, 11) is 1.61. The van der Waals surface area contributed by atoms with E-state index in [1.54, 1.807) is 26.2 Å². The van der Waals surface area contributed by atoms with Crippen LogP contribution in [0.15, 0.2) is 53.9 Å². The number of methoxy groups -OCH3 is 1. The fourth-order valence-corrected chi connectivity index (χ4v) is 4.16. The zero-order valence-corrected chi connectivity index (χ0v) is 17.8. The Balaban J connectivity index is 1.65. The van der Waals surface area contributed by atoms with Crippen molar-refractivity contribution in [2.75, 3.05) is 19.0 Å². The lowest BCUT2D eigenvalue weighted by Gasteiger charge is -2.12. The molecule has 0 aliphatic heterocycles. The molecule has 4 aromatic rings. The lowest BCUT2D eigenvalue weighted by atomic mass is 10.1. The smallest absolute Gasteiger partial charge is 0.310 e. The molecule has 0 saturated carbocycles. The van der Waals surface area contributed by atoms with Crippen LogP contribution in [0.3, 0.4) is 0 Å². The Hall–Kier alpha value is -3.52. The molecule has 0 radical (unpaired) electrons. The van der Waals surface area contributed by atoms with E-state index in [0.717, 1.165) is 15.6 Å². The third kappa shape index (κ3) is 4.34. The summed E-state index contributed by atoms with van der Waals surface area (Å²) in [6.07, 6.45) is 0.0211. The van der Waals surface area contributed by atoms with Gasteiger partial charge in [-0.25, -0.2) is 4.39 Å². The van der Waals surface area contributed by atoms with E-state index in [2.05, 4.69) is 15.5 Å². The highest BCUT2D eigenvalue weighted by atomic mass is 32.1. The molecule has 1 N–H and O–H groups in total. The third-order valence-corrected chi connectivity index (χ3v) is 5.61. The number of nitrogens with zero attached hydrogens (tertiary/aromatic N) is 2. The Bertz CT molecular complexity index is 1240. The fourth-order valence-electron chi connectivity index (χ4n) is 3.26. The van der Waals surface area contributed by atoms with E-state index in [1.165, 1.54) is 17.4 Å². The number of anilines is 2. The quantitative estimate of drug-likeness (QED) is 0.393. The molecule has 2 aromatic carbocycles. The Morgan fingerprint density at radius 2 is 2.00 bits per heavy atom. The first-order valence-corrected chi connectivity index (χ1v) is 10.6. The number of nitrogens with one attached hydrogen (secondary N) is 1. The summed E-state index contributed by atoms with van der Waals surface area (Å²) in [5, 5.41) is 14.5. The van der Waals surface area contributed by atoms with Gasteiger partial charge in [-0.1, -0.05) is 18.2 Å². The molecule has 4 rings (SSSR count). The number of benzene rings is 2. The van der Waals surface area contributed by atoms with Crippen LogP contribution in [0.2, 0.25) is 0 Å². The predicted molar refractivity (Wildman–Crippen MR) is 119 cm³/mol. The number of carbonyl (C=O) groups is 1. The van der Waals surface area contributed by atoms with Gasteiger partial charge in [-0.15, -0.1) is 21.5 Å². The van der Waals surface area contributed by atoms with E-state index >= 15 is 0 Å². The van der Waals surface area contributed by atoms with Gasteiger partial charge in [-0.3, -0.25) is 4.79 Å². The molecule has 6 nitrogen and oxygen atoms in total. The topological polar surface area (TPSA) is 73.3 Å². The summed E-state index contributed by atoms with van der Waals surface area (Å²) < 4.78 is 26.0. The lowest BCUT2D eigenvalue weighted by Crippen LogP contribution is -2.08. The number of rotatable bonds is 7. The number of halogens is 1. The maximum absolute atomic E-state index is 14.7. The minimum Gasteiger partial charge on any atom is -0.496 e. The monoisotopic (exact) mass is 437 g/mol. The van der Waals surface area contributed by atoms with E-state index in [4.69, 9.17) is 9.47 Å². The van der Waals surface area contributed by atoms with Crippen molar-refractivity contribution in [3.63, 3.8) is 0 Å². The zero-order valence-electron chi connectivity index (χ0n) is 17.0. The Morgan fingerprint density at radius 3 is 2.77 bits per heavy atom. The van der Waals surface area contributed by atoms with Crippen LogP contribution in [-0.4, -0.2) is 29.9 Å². The minimum absolute atomic E-state index is 0.0211. The second kappa shape index (κ2) is 9.09. The summed E-state index contributed by atoms with van der Waals surface area (Å²) in [5.41, 5.74) is 2.34. The number of hydrogen-bond acceptors (Lipinski definition) is 7. The summed E-state index contributed by atoms with van der Waals surface area (Å²) in [6.45, 7) is 2.03. The number of hydrogen-bond donors (Lipinski definition) is 1. The van der Waals surface area contributed by atoms with Gasteiger partial charge in [0.05, 0.1) is 30.5 Å². The van der Waals surface area contributed by atoms with Crippen molar-refractivity contribution in [1.29, 1.82) is 0 Å². The molecule has 0 fully saturated rings. The predicted octanol–water partition coefficient (Wildman–Crippen LogP) is 5.36. The highest BCUT2D eigenvalue weighted by molar-refractivity contribution is 7.17. The maximum Gasteiger partial charge on any atom is 0.310 e. The molecule has 0 bridgehead atoms. The molecule has 2 aromatic heterocycles. The minimum atomic E-state index is -0.485. The first-order valence-electron chi connectivity index (χ1n) is 9.69. The van der Waals surface area contributed by atoms with Gasteiger partial charge in [-0.2, -0.15) is 0 Å². The van der Waals surface area contributed by atoms with Crippen LogP contribution < -0.4 is 10.1 Å². The van der Waals surface area contributed by atoms with Gasteiger partial charge in [-0.05, 0) is 48.2 Å². The Morgan fingerprint density at radius 1 is 1.16 bits per heavy atom. The van der Waals surface area contributed by atoms with Crippen molar-refractivity contribution >= 4 is 38.9 Å². The van der Waals surface area contributed by atoms with Gasteiger partial charge in [0.25, 0.3) is 0 Å². The van der Waals surface area contributed by atoms with Gasteiger partial charge in [0.15, 0.2) is 5.82 Å². The highest BCUT2D eigenvalue weighted by Gasteiger charge is 2.17. The molecular formula is C23H20FN3O3S. The first-order chi connectivity index (χ1) is 15.1. The molecule has 8 heteroatoms. The van der Waals surface area contributed by atoms with Crippen molar-refractivity contribution in [3.8, 4) is 17.0 Å². The maximum atomic E-state index is 14.7. The van der Waals surface area contributed by atoms with E-state index in [-0.39, 0.29) is 18.1 Å². The fraction of sp³-hybridized carbons (Fsp3) is 0.174. The molecule has 31 heavy (non-hydrogen) atoms. The van der Waals surface area contributed by atoms with Crippen LogP contribution in [0.4, 0.5) is 15.9 Å². The second-order valence-corrected chi connectivity index (χ2v) is 7.60. The molecule has 0 saturated heterocycles. The van der Waals surface area contributed by atoms with Crippen molar-refractivity contribution in [1.82, 2.24) is 10.2 Å². The first kappa shape index (κ1) is 20.7. The van der Waals surface area contributed by atoms with E-state index in [0.29, 0.717) is 29.4 Å². The van der Waals surface area contributed by atoms with Crippen LogP contribution in [0.25, 0.3) is 21.3 Å². The molecule has 2 heterocycles. The standard InChI is InChI=1S/C23H20FN3O3S/c1-3-30-20(28)13-14-8-9-18(17(24)12-14)25-23-16-10-11-31-22(16)21(26-27-23)15-6-4-5-7-19(15)29-2/h4-12H,3,13H2,1-2H3,(H,25,27). The van der Waals surface area contributed by atoms with Crippen molar-refractivity contribution in [3.05, 3.63) is 65.3 Å². The number of aromatic nitrogens is 2. The summed E-state index contributed by atoms with van der Waals surface area (Å²) in [4.78, 5) is 11.6. The van der Waals surface area contributed by atoms with Crippen LogP contribution in [0, 0.1) is 5.82 Å². The van der Waals surface area contributed by atoms with Gasteiger partial charge in [0.1, 0.15) is 17.3 Å². The lowest BCUT2D eigenvalue weighted by molar-refractivity contribution is -0.142. The number of fused-ring (bicyclic) bond motifs is 1. The van der Waals surface area contributed by atoms with E-state index < -0.39 is 5.82 Å². The van der Waals surface area contributed by atoms with E-state index in [9.17, 15) is 9.18 Å².